The van der Waals surface area contributed by atoms with Crippen molar-refractivity contribution in [2.45, 2.75) is 32.7 Å². The SMILES string of the molecule is CC(C)NC(=O)C1CCN(C(=O)c2ccc(F)c(F)c2)CC1. The summed E-state index contributed by atoms with van der Waals surface area (Å²) in [5.41, 5.74) is 0.129. The van der Waals surface area contributed by atoms with Gasteiger partial charge in [-0.25, -0.2) is 8.78 Å². The van der Waals surface area contributed by atoms with Gasteiger partial charge in [-0.3, -0.25) is 9.59 Å². The second-order valence-corrected chi connectivity index (χ2v) is 5.86. The third kappa shape index (κ3) is 3.81. The van der Waals surface area contributed by atoms with E-state index >= 15 is 0 Å². The fraction of sp³-hybridized carbons (Fsp3) is 0.500. The average Bonchev–Trinajstić information content (AvgIpc) is 2.49. The molecule has 0 radical (unpaired) electrons. The molecular formula is C16H20F2N2O2. The highest BCUT2D eigenvalue weighted by molar-refractivity contribution is 5.94. The van der Waals surface area contributed by atoms with Crippen molar-refractivity contribution < 1.29 is 18.4 Å². The Bertz CT molecular complexity index is 567. The Morgan fingerprint density at radius 1 is 1.18 bits per heavy atom. The van der Waals surface area contributed by atoms with E-state index in [1.165, 1.54) is 6.07 Å². The molecular weight excluding hydrogens is 290 g/mol. The van der Waals surface area contributed by atoms with E-state index in [0.29, 0.717) is 25.9 Å². The van der Waals surface area contributed by atoms with Crippen LogP contribution in [0, 0.1) is 17.6 Å². The molecule has 1 heterocycles. The predicted molar refractivity (Wildman–Crippen MR) is 78.3 cm³/mol. The van der Waals surface area contributed by atoms with Crippen LogP contribution in [0.3, 0.4) is 0 Å². The molecule has 2 amide bonds. The Hall–Kier alpha value is -1.98. The molecule has 1 aliphatic rings. The van der Waals surface area contributed by atoms with Gasteiger partial charge in [-0.2, -0.15) is 0 Å². The Morgan fingerprint density at radius 2 is 1.82 bits per heavy atom. The molecule has 120 valence electrons. The van der Waals surface area contributed by atoms with E-state index in [1.807, 2.05) is 13.8 Å². The van der Waals surface area contributed by atoms with Crippen molar-refractivity contribution in [1.29, 1.82) is 0 Å². The van der Waals surface area contributed by atoms with Gasteiger partial charge in [0.05, 0.1) is 0 Å². The zero-order valence-corrected chi connectivity index (χ0v) is 12.7. The smallest absolute Gasteiger partial charge is 0.253 e. The first-order chi connectivity index (χ1) is 10.4. The van der Waals surface area contributed by atoms with E-state index in [4.69, 9.17) is 0 Å². The number of carbonyl (C=O) groups excluding carboxylic acids is 2. The number of benzene rings is 1. The monoisotopic (exact) mass is 310 g/mol. The third-order valence-electron chi connectivity index (χ3n) is 3.75. The Balaban J connectivity index is 1.95. The largest absolute Gasteiger partial charge is 0.354 e. The van der Waals surface area contributed by atoms with E-state index < -0.39 is 11.6 Å². The molecule has 1 saturated heterocycles. The average molecular weight is 310 g/mol. The van der Waals surface area contributed by atoms with Crippen molar-refractivity contribution in [1.82, 2.24) is 10.2 Å². The van der Waals surface area contributed by atoms with Crippen molar-refractivity contribution in [2.75, 3.05) is 13.1 Å². The van der Waals surface area contributed by atoms with Crippen molar-refractivity contribution in [3.8, 4) is 0 Å². The molecule has 0 aliphatic carbocycles. The number of carbonyl (C=O) groups is 2. The molecule has 0 unspecified atom stereocenters. The van der Waals surface area contributed by atoms with Crippen molar-refractivity contribution >= 4 is 11.8 Å². The second kappa shape index (κ2) is 6.85. The molecule has 0 aromatic heterocycles. The Labute approximate surface area is 128 Å². The molecule has 1 aromatic carbocycles. The number of hydrogen-bond acceptors (Lipinski definition) is 2. The molecule has 6 heteroatoms. The van der Waals surface area contributed by atoms with Crippen LogP contribution in [-0.2, 0) is 4.79 Å². The molecule has 1 aromatic rings. The van der Waals surface area contributed by atoms with Gasteiger partial charge < -0.3 is 10.2 Å². The minimum atomic E-state index is -1.03. The lowest BCUT2D eigenvalue weighted by molar-refractivity contribution is -0.126. The highest BCUT2D eigenvalue weighted by Gasteiger charge is 2.28. The van der Waals surface area contributed by atoms with E-state index in [9.17, 15) is 18.4 Å². The normalized spacial score (nSPS) is 16.0. The number of nitrogens with zero attached hydrogens (tertiary/aromatic N) is 1. The van der Waals surface area contributed by atoms with Crippen molar-refractivity contribution in [3.05, 3.63) is 35.4 Å². The molecule has 0 bridgehead atoms. The van der Waals surface area contributed by atoms with E-state index in [2.05, 4.69) is 5.32 Å². The number of piperidine rings is 1. The van der Waals surface area contributed by atoms with Crippen molar-refractivity contribution in [2.24, 2.45) is 5.92 Å². The molecule has 1 aliphatic heterocycles. The summed E-state index contributed by atoms with van der Waals surface area (Å²) in [7, 11) is 0. The number of halogens is 2. The first kappa shape index (κ1) is 16.4. The fourth-order valence-corrected chi connectivity index (χ4v) is 2.56. The summed E-state index contributed by atoms with van der Waals surface area (Å²) in [6.45, 7) is 4.68. The van der Waals surface area contributed by atoms with Crippen LogP contribution in [0.2, 0.25) is 0 Å². The van der Waals surface area contributed by atoms with Gasteiger partial charge in [0.1, 0.15) is 0 Å². The standard InChI is InChI=1S/C16H20F2N2O2/c1-10(2)19-15(21)11-5-7-20(8-6-11)16(22)12-3-4-13(17)14(18)9-12/h3-4,9-11H,5-8H2,1-2H3,(H,19,21). The lowest BCUT2D eigenvalue weighted by Crippen LogP contribution is -2.44. The molecule has 0 atom stereocenters. The number of amides is 2. The van der Waals surface area contributed by atoms with Crippen LogP contribution in [0.4, 0.5) is 8.78 Å². The van der Waals surface area contributed by atoms with Crippen LogP contribution in [0.1, 0.15) is 37.0 Å². The number of rotatable bonds is 3. The van der Waals surface area contributed by atoms with Crippen molar-refractivity contribution in [3.63, 3.8) is 0 Å². The number of nitrogens with one attached hydrogen (secondary N) is 1. The first-order valence-corrected chi connectivity index (χ1v) is 7.43. The summed E-state index contributed by atoms with van der Waals surface area (Å²) in [5.74, 6) is -2.43. The van der Waals surface area contributed by atoms with Crippen LogP contribution in [-0.4, -0.2) is 35.8 Å². The van der Waals surface area contributed by atoms with Gasteiger partial charge >= 0.3 is 0 Å². The summed E-state index contributed by atoms with van der Waals surface area (Å²) in [6, 6.07) is 3.23. The minimum absolute atomic E-state index is 0.00919. The fourth-order valence-electron chi connectivity index (χ4n) is 2.56. The third-order valence-corrected chi connectivity index (χ3v) is 3.75. The molecule has 22 heavy (non-hydrogen) atoms. The summed E-state index contributed by atoms with van der Waals surface area (Å²) < 4.78 is 26.1. The van der Waals surface area contributed by atoms with Gasteiger partial charge in [-0.15, -0.1) is 0 Å². The van der Waals surface area contributed by atoms with Crippen LogP contribution in [0.25, 0.3) is 0 Å². The maximum atomic E-state index is 13.2. The lowest BCUT2D eigenvalue weighted by atomic mass is 9.95. The quantitative estimate of drug-likeness (QED) is 0.931. The van der Waals surface area contributed by atoms with Crippen LogP contribution in [0.5, 0.6) is 0 Å². The van der Waals surface area contributed by atoms with E-state index in [0.717, 1.165) is 12.1 Å². The van der Waals surface area contributed by atoms with Gasteiger partial charge in [-0.1, -0.05) is 0 Å². The molecule has 1 N–H and O–H groups in total. The molecule has 1 fully saturated rings. The number of hydrogen-bond donors (Lipinski definition) is 1. The first-order valence-electron chi connectivity index (χ1n) is 7.43. The molecule has 2 rings (SSSR count). The molecule has 0 saturated carbocycles. The van der Waals surface area contributed by atoms with Crippen LogP contribution in [0.15, 0.2) is 18.2 Å². The molecule has 0 spiro atoms. The minimum Gasteiger partial charge on any atom is -0.354 e. The topological polar surface area (TPSA) is 49.4 Å². The highest BCUT2D eigenvalue weighted by atomic mass is 19.2. The van der Waals surface area contributed by atoms with Gasteiger partial charge in [0.25, 0.3) is 5.91 Å². The summed E-state index contributed by atoms with van der Waals surface area (Å²) in [4.78, 5) is 25.8. The van der Waals surface area contributed by atoms with E-state index in [-0.39, 0.29) is 29.3 Å². The van der Waals surface area contributed by atoms with Crippen LogP contribution >= 0.6 is 0 Å². The molecule has 4 nitrogen and oxygen atoms in total. The number of likely N-dealkylation sites (tertiary alicyclic amines) is 1. The maximum Gasteiger partial charge on any atom is 0.253 e. The predicted octanol–water partition coefficient (Wildman–Crippen LogP) is 2.34. The highest BCUT2D eigenvalue weighted by Crippen LogP contribution is 2.20. The van der Waals surface area contributed by atoms with Gasteiger partial charge in [-0.05, 0) is 44.9 Å². The van der Waals surface area contributed by atoms with Gasteiger partial charge in [0, 0.05) is 30.6 Å². The van der Waals surface area contributed by atoms with Crippen LogP contribution < -0.4 is 5.32 Å². The maximum absolute atomic E-state index is 13.2. The Morgan fingerprint density at radius 3 is 2.36 bits per heavy atom. The summed E-state index contributed by atoms with van der Waals surface area (Å²) in [5, 5.41) is 2.87. The van der Waals surface area contributed by atoms with E-state index in [1.54, 1.807) is 4.90 Å². The summed E-state index contributed by atoms with van der Waals surface area (Å²) in [6.07, 6.45) is 1.15. The zero-order valence-electron chi connectivity index (χ0n) is 12.7. The van der Waals surface area contributed by atoms with Gasteiger partial charge in [0.2, 0.25) is 5.91 Å². The van der Waals surface area contributed by atoms with Gasteiger partial charge in [0.15, 0.2) is 11.6 Å². The summed E-state index contributed by atoms with van der Waals surface area (Å²) >= 11 is 0. The zero-order chi connectivity index (χ0) is 16.3. The second-order valence-electron chi connectivity index (χ2n) is 5.86. The lowest BCUT2D eigenvalue weighted by Gasteiger charge is -2.31. The Kier molecular flexibility index (Phi) is 5.11.